The molecule has 3 nitrogen and oxygen atoms in total. The monoisotopic (exact) mass is 246 g/mol. The average molecular weight is 246 g/mol. The maximum absolute atomic E-state index is 11.9. The number of carbonyl (C=O) groups excluding carboxylic acids is 1. The molecule has 3 heteroatoms. The van der Waals surface area contributed by atoms with Crippen LogP contribution >= 0.6 is 0 Å². The summed E-state index contributed by atoms with van der Waals surface area (Å²) in [5.41, 5.74) is 2.20. The molecule has 1 unspecified atom stereocenters. The van der Waals surface area contributed by atoms with Crippen molar-refractivity contribution in [1.29, 1.82) is 0 Å². The standard InChI is InChI=1S/C15H22N2O/c1-4-16-13-7-5-11(6-8-13)14(18)17-10-12-9-15(12,2)3/h5-8,12,16H,4,9-10H2,1-3H3,(H,17,18). The SMILES string of the molecule is CCNc1ccc(C(=O)NCC2CC2(C)C)cc1. The van der Waals surface area contributed by atoms with Crippen LogP contribution in [0.4, 0.5) is 5.69 Å². The Morgan fingerprint density at radius 2 is 1.94 bits per heavy atom. The maximum Gasteiger partial charge on any atom is 0.251 e. The Morgan fingerprint density at radius 3 is 2.44 bits per heavy atom. The van der Waals surface area contributed by atoms with Gasteiger partial charge in [-0.2, -0.15) is 0 Å². The zero-order chi connectivity index (χ0) is 13.2. The van der Waals surface area contributed by atoms with Gasteiger partial charge >= 0.3 is 0 Å². The topological polar surface area (TPSA) is 41.1 Å². The van der Waals surface area contributed by atoms with Crippen LogP contribution in [-0.2, 0) is 0 Å². The highest BCUT2D eigenvalue weighted by molar-refractivity contribution is 5.94. The summed E-state index contributed by atoms with van der Waals surface area (Å²) in [5.74, 6) is 0.670. The molecule has 1 aromatic rings. The second-order valence-corrected chi connectivity index (χ2v) is 5.71. The van der Waals surface area contributed by atoms with Crippen LogP contribution in [0.3, 0.4) is 0 Å². The number of nitrogens with one attached hydrogen (secondary N) is 2. The fourth-order valence-corrected chi connectivity index (χ4v) is 2.19. The average Bonchev–Trinajstić information content (AvgIpc) is 2.95. The molecule has 0 heterocycles. The van der Waals surface area contributed by atoms with Crippen LogP contribution in [0.15, 0.2) is 24.3 Å². The minimum Gasteiger partial charge on any atom is -0.385 e. The van der Waals surface area contributed by atoms with Crippen LogP contribution in [-0.4, -0.2) is 19.0 Å². The molecule has 1 amide bonds. The minimum absolute atomic E-state index is 0.0285. The molecule has 1 aromatic carbocycles. The fraction of sp³-hybridized carbons (Fsp3) is 0.533. The van der Waals surface area contributed by atoms with Crippen molar-refractivity contribution in [3.8, 4) is 0 Å². The van der Waals surface area contributed by atoms with E-state index in [-0.39, 0.29) is 5.91 Å². The summed E-state index contributed by atoms with van der Waals surface area (Å²) < 4.78 is 0. The molecule has 0 aliphatic heterocycles. The number of amides is 1. The smallest absolute Gasteiger partial charge is 0.251 e. The van der Waals surface area contributed by atoms with E-state index in [0.29, 0.717) is 11.3 Å². The lowest BCUT2D eigenvalue weighted by Crippen LogP contribution is -2.26. The molecule has 1 fully saturated rings. The van der Waals surface area contributed by atoms with E-state index in [1.54, 1.807) is 0 Å². The summed E-state index contributed by atoms with van der Waals surface area (Å²) in [5, 5.41) is 6.22. The molecule has 1 saturated carbocycles. The molecular formula is C15H22N2O. The van der Waals surface area contributed by atoms with Crippen LogP contribution in [0.25, 0.3) is 0 Å². The van der Waals surface area contributed by atoms with Crippen LogP contribution in [0.2, 0.25) is 0 Å². The van der Waals surface area contributed by atoms with Crippen molar-refractivity contribution < 1.29 is 4.79 Å². The van der Waals surface area contributed by atoms with E-state index in [4.69, 9.17) is 0 Å². The van der Waals surface area contributed by atoms with E-state index >= 15 is 0 Å². The van der Waals surface area contributed by atoms with Gasteiger partial charge in [-0.3, -0.25) is 4.79 Å². The Labute approximate surface area is 109 Å². The van der Waals surface area contributed by atoms with Crippen molar-refractivity contribution in [1.82, 2.24) is 5.32 Å². The molecule has 0 saturated heterocycles. The molecule has 0 radical (unpaired) electrons. The van der Waals surface area contributed by atoms with E-state index < -0.39 is 0 Å². The molecular weight excluding hydrogens is 224 g/mol. The molecule has 1 aliphatic carbocycles. The van der Waals surface area contributed by atoms with Crippen LogP contribution < -0.4 is 10.6 Å². The van der Waals surface area contributed by atoms with E-state index in [1.165, 1.54) is 6.42 Å². The molecule has 0 spiro atoms. The van der Waals surface area contributed by atoms with Crippen molar-refractivity contribution >= 4 is 11.6 Å². The lowest BCUT2D eigenvalue weighted by Gasteiger charge is -2.08. The Kier molecular flexibility index (Phi) is 3.60. The molecule has 98 valence electrons. The van der Waals surface area contributed by atoms with E-state index in [9.17, 15) is 4.79 Å². The van der Waals surface area contributed by atoms with Crippen molar-refractivity contribution in [3.05, 3.63) is 29.8 Å². The van der Waals surface area contributed by atoms with E-state index in [1.807, 2.05) is 24.3 Å². The zero-order valence-electron chi connectivity index (χ0n) is 11.4. The van der Waals surface area contributed by atoms with Gasteiger partial charge in [0, 0.05) is 24.3 Å². The molecule has 1 atom stereocenters. The van der Waals surface area contributed by atoms with Gasteiger partial charge in [-0.05, 0) is 48.9 Å². The Morgan fingerprint density at radius 1 is 1.33 bits per heavy atom. The molecule has 18 heavy (non-hydrogen) atoms. The predicted molar refractivity (Wildman–Crippen MR) is 74.8 cm³/mol. The van der Waals surface area contributed by atoms with Gasteiger partial charge in [0.2, 0.25) is 0 Å². The van der Waals surface area contributed by atoms with E-state index in [2.05, 4.69) is 31.4 Å². The first kappa shape index (κ1) is 12.9. The summed E-state index contributed by atoms with van der Waals surface area (Å²) >= 11 is 0. The van der Waals surface area contributed by atoms with Gasteiger partial charge in [0.05, 0.1) is 0 Å². The first-order chi connectivity index (χ1) is 8.53. The highest BCUT2D eigenvalue weighted by Gasteiger charge is 2.45. The molecule has 2 rings (SSSR count). The lowest BCUT2D eigenvalue weighted by molar-refractivity contribution is 0.0950. The molecule has 0 aromatic heterocycles. The van der Waals surface area contributed by atoms with Gasteiger partial charge in [0.15, 0.2) is 0 Å². The Balaban J connectivity index is 1.85. The van der Waals surface area contributed by atoms with Crippen molar-refractivity contribution in [2.24, 2.45) is 11.3 Å². The van der Waals surface area contributed by atoms with Gasteiger partial charge in [0.1, 0.15) is 0 Å². The summed E-state index contributed by atoms with van der Waals surface area (Å²) in [6.45, 7) is 8.23. The number of benzene rings is 1. The Hall–Kier alpha value is -1.51. The quantitative estimate of drug-likeness (QED) is 0.838. The van der Waals surface area contributed by atoms with Gasteiger partial charge in [-0.25, -0.2) is 0 Å². The first-order valence-corrected chi connectivity index (χ1v) is 6.65. The third-order valence-corrected chi connectivity index (χ3v) is 3.75. The summed E-state index contributed by atoms with van der Waals surface area (Å²) in [6.07, 6.45) is 1.21. The first-order valence-electron chi connectivity index (χ1n) is 6.65. The van der Waals surface area contributed by atoms with Gasteiger partial charge in [-0.1, -0.05) is 13.8 Å². The van der Waals surface area contributed by atoms with Crippen molar-refractivity contribution in [3.63, 3.8) is 0 Å². The van der Waals surface area contributed by atoms with Crippen molar-refractivity contribution in [2.45, 2.75) is 27.2 Å². The number of carbonyl (C=O) groups is 1. The van der Waals surface area contributed by atoms with Gasteiger partial charge in [-0.15, -0.1) is 0 Å². The highest BCUT2D eigenvalue weighted by atomic mass is 16.1. The predicted octanol–water partition coefficient (Wildman–Crippen LogP) is 2.89. The summed E-state index contributed by atoms with van der Waals surface area (Å²) in [6, 6.07) is 7.62. The van der Waals surface area contributed by atoms with Gasteiger partial charge < -0.3 is 10.6 Å². The third-order valence-electron chi connectivity index (χ3n) is 3.75. The second-order valence-electron chi connectivity index (χ2n) is 5.71. The number of hydrogen-bond donors (Lipinski definition) is 2. The van der Waals surface area contributed by atoms with Gasteiger partial charge in [0.25, 0.3) is 5.91 Å². The van der Waals surface area contributed by atoms with E-state index in [0.717, 1.165) is 24.3 Å². The summed E-state index contributed by atoms with van der Waals surface area (Å²) in [4.78, 5) is 11.9. The van der Waals surface area contributed by atoms with Crippen molar-refractivity contribution in [2.75, 3.05) is 18.4 Å². The lowest BCUT2D eigenvalue weighted by atomic mass is 10.1. The maximum atomic E-state index is 11.9. The minimum atomic E-state index is 0.0285. The number of rotatable bonds is 5. The normalized spacial score (nSPS) is 20.3. The molecule has 2 N–H and O–H groups in total. The fourth-order valence-electron chi connectivity index (χ4n) is 2.19. The second kappa shape index (κ2) is 5.01. The number of hydrogen-bond acceptors (Lipinski definition) is 2. The van der Waals surface area contributed by atoms with Crippen LogP contribution in [0.1, 0.15) is 37.6 Å². The van der Waals surface area contributed by atoms with Crippen LogP contribution in [0.5, 0.6) is 0 Å². The summed E-state index contributed by atoms with van der Waals surface area (Å²) in [7, 11) is 0. The van der Waals surface area contributed by atoms with Crippen LogP contribution in [0, 0.1) is 11.3 Å². The Bertz CT molecular complexity index is 423. The third kappa shape index (κ3) is 3.03. The highest BCUT2D eigenvalue weighted by Crippen LogP contribution is 2.50. The number of anilines is 1. The zero-order valence-corrected chi connectivity index (χ0v) is 11.4. The largest absolute Gasteiger partial charge is 0.385 e. The molecule has 0 bridgehead atoms. The molecule has 1 aliphatic rings.